The quantitative estimate of drug-likeness (QED) is 0.250. The molecule has 4 fully saturated rings. The Morgan fingerprint density at radius 2 is 1.79 bits per heavy atom. The number of amides is 3. The van der Waals surface area contributed by atoms with Gasteiger partial charge < -0.3 is 19.4 Å². The van der Waals surface area contributed by atoms with Crippen molar-refractivity contribution in [1.29, 1.82) is 0 Å². The van der Waals surface area contributed by atoms with Crippen LogP contribution in [0.4, 0.5) is 24.5 Å². The number of anilines is 2. The minimum absolute atomic E-state index is 0.187. The number of ether oxygens (including phenoxy) is 1. The number of hydrogen-bond donors (Lipinski definition) is 2. The Bertz CT molecular complexity index is 2410. The van der Waals surface area contributed by atoms with Crippen LogP contribution >= 0.6 is 0 Å². The summed E-state index contributed by atoms with van der Waals surface area (Å²) in [6, 6.07) is 10.3. The van der Waals surface area contributed by atoms with Gasteiger partial charge in [-0.25, -0.2) is 0 Å². The monoisotopic (exact) mass is 837 g/mol. The molecule has 7 aliphatic rings. The highest BCUT2D eigenvalue weighted by Gasteiger charge is 2.47. The Morgan fingerprint density at radius 1 is 0.951 bits per heavy atom. The molecule has 11 rings (SSSR count). The molecular weight excluding hydrogens is 788 g/mol. The van der Waals surface area contributed by atoms with Crippen LogP contribution in [-0.4, -0.2) is 124 Å². The maximum absolute atomic E-state index is 13.9. The maximum atomic E-state index is 13.9. The van der Waals surface area contributed by atoms with Crippen molar-refractivity contribution in [2.45, 2.75) is 88.8 Å². The van der Waals surface area contributed by atoms with Crippen LogP contribution in [0.2, 0.25) is 0 Å². The Labute approximate surface area is 351 Å². The molecule has 2 aromatic heterocycles. The van der Waals surface area contributed by atoms with E-state index in [9.17, 15) is 27.6 Å². The van der Waals surface area contributed by atoms with E-state index in [1.807, 2.05) is 49.5 Å². The summed E-state index contributed by atoms with van der Waals surface area (Å²) in [6.07, 6.45) is 5.11. The summed E-state index contributed by atoms with van der Waals surface area (Å²) >= 11 is 0. The lowest BCUT2D eigenvalue weighted by molar-refractivity contribution is -0.155. The van der Waals surface area contributed by atoms with Crippen LogP contribution < -0.4 is 19.9 Å². The Kier molecular flexibility index (Phi) is 9.15. The fraction of sp³-hybridized carbons (Fsp3) is 0.533. The Balaban J connectivity index is 0.694. The van der Waals surface area contributed by atoms with E-state index in [4.69, 9.17) is 9.72 Å². The van der Waals surface area contributed by atoms with Crippen molar-refractivity contribution in [1.82, 2.24) is 35.2 Å². The molecule has 4 aromatic rings. The van der Waals surface area contributed by atoms with E-state index in [2.05, 4.69) is 30.2 Å². The molecule has 8 heterocycles. The molecule has 1 spiro atoms. The van der Waals surface area contributed by atoms with Gasteiger partial charge in [-0.15, -0.1) is 0 Å². The normalized spacial score (nSPS) is 26.8. The summed E-state index contributed by atoms with van der Waals surface area (Å²) in [5, 5.41) is 10.5. The molecule has 13 nitrogen and oxygen atoms in total. The summed E-state index contributed by atoms with van der Waals surface area (Å²) in [6.45, 7) is 7.49. The number of carbonyl (C=O) groups excluding carboxylic acids is 3. The van der Waals surface area contributed by atoms with Gasteiger partial charge in [0.15, 0.2) is 0 Å². The molecule has 2 aromatic carbocycles. The lowest BCUT2D eigenvalue weighted by atomic mass is 9.65. The second-order valence-corrected chi connectivity index (χ2v) is 18.7. The number of imide groups is 1. The predicted molar refractivity (Wildman–Crippen MR) is 220 cm³/mol. The molecule has 1 saturated carbocycles. The number of halogens is 3. The second-order valence-electron chi connectivity index (χ2n) is 18.7. The third-order valence-electron chi connectivity index (χ3n) is 14.9. The van der Waals surface area contributed by atoms with Gasteiger partial charge in [0, 0.05) is 73.7 Å². The molecule has 4 atom stereocenters. The molecule has 0 radical (unpaired) electrons. The number of aromatic nitrogens is 3. The number of aromatic amines is 1. The standard InChI is InChI=1S/C45H50F3N9O4/c1-26-16-32-30(3-6-35-33(32)18-50-52-35)40(57(26)25-45(46,47)48)36-5-2-28(17-49-36)54-23-44(24-54)12-10-27(11-13-44)19-53-14-15-55-29(20-53)22-61-41-34-21-56(38-8-9-39(58)51-42(38)59)43(60)31(34)4-7-37(41)55/h2-7,17-18,26-27,29,38,40H,8-16,19-25H2,1H3,(H,50,52)(H,51,58,59)/t26-,29-,38+,40+/m0/s1. The summed E-state index contributed by atoms with van der Waals surface area (Å²) in [4.78, 5) is 53.1. The van der Waals surface area contributed by atoms with Crippen molar-refractivity contribution in [2.24, 2.45) is 11.3 Å². The van der Waals surface area contributed by atoms with E-state index in [0.717, 1.165) is 84.0 Å². The summed E-state index contributed by atoms with van der Waals surface area (Å²) in [5.74, 6) is 0.491. The molecule has 2 N–H and O–H groups in total. The number of carbonyl (C=O) groups is 3. The Morgan fingerprint density at radius 3 is 2.56 bits per heavy atom. The fourth-order valence-electron chi connectivity index (χ4n) is 11.8. The molecular formula is C45H50F3N9O4. The smallest absolute Gasteiger partial charge is 0.401 e. The number of nitrogens with one attached hydrogen (secondary N) is 2. The number of benzene rings is 2. The number of piperidine rings is 1. The van der Waals surface area contributed by atoms with E-state index in [1.54, 1.807) is 16.0 Å². The average molecular weight is 838 g/mol. The number of pyridine rings is 1. The van der Waals surface area contributed by atoms with Crippen LogP contribution in [0.1, 0.15) is 84.2 Å². The van der Waals surface area contributed by atoms with Gasteiger partial charge in [-0.2, -0.15) is 18.3 Å². The topological polar surface area (TPSA) is 130 Å². The van der Waals surface area contributed by atoms with Gasteiger partial charge >= 0.3 is 6.18 Å². The molecule has 3 amide bonds. The first-order valence-electron chi connectivity index (χ1n) is 21.8. The number of fused-ring (bicyclic) bond motifs is 8. The summed E-state index contributed by atoms with van der Waals surface area (Å²) < 4.78 is 48.2. The maximum Gasteiger partial charge on any atom is 0.401 e. The van der Waals surface area contributed by atoms with Crippen LogP contribution in [-0.2, 0) is 22.6 Å². The third kappa shape index (κ3) is 6.71. The average Bonchev–Trinajstić information content (AvgIpc) is 3.85. The summed E-state index contributed by atoms with van der Waals surface area (Å²) in [5.41, 5.74) is 7.14. The minimum Gasteiger partial charge on any atom is -0.489 e. The molecule has 6 aliphatic heterocycles. The minimum atomic E-state index is -4.33. The van der Waals surface area contributed by atoms with Crippen LogP contribution in [0.15, 0.2) is 48.8 Å². The van der Waals surface area contributed by atoms with E-state index in [-0.39, 0.29) is 30.3 Å². The van der Waals surface area contributed by atoms with Gasteiger partial charge in [-0.05, 0) is 92.8 Å². The SMILES string of the molecule is C[C@H]1Cc2c(ccc3[nH]ncc23)[C@H](c2ccc(N3CC4(CCC(CN5CCN6c7ccc8c(c7OC[C@@H]6C5)CN([C@@H]5CCC(=O)NC5=O)C8=O)CC4)C3)cn2)N1CC(F)(F)F. The van der Waals surface area contributed by atoms with Crippen molar-refractivity contribution in [2.75, 3.05) is 62.2 Å². The van der Waals surface area contributed by atoms with Crippen molar-refractivity contribution >= 4 is 40.0 Å². The van der Waals surface area contributed by atoms with Gasteiger partial charge in [0.1, 0.15) is 18.4 Å². The first-order valence-corrected chi connectivity index (χ1v) is 21.8. The first kappa shape index (κ1) is 38.7. The zero-order valence-corrected chi connectivity index (χ0v) is 34.2. The number of hydrogen-bond acceptors (Lipinski definition) is 10. The zero-order chi connectivity index (χ0) is 41.8. The van der Waals surface area contributed by atoms with Crippen LogP contribution in [0, 0.1) is 11.3 Å². The van der Waals surface area contributed by atoms with Gasteiger partial charge in [0.2, 0.25) is 11.8 Å². The van der Waals surface area contributed by atoms with Crippen LogP contribution in [0.5, 0.6) is 5.75 Å². The number of rotatable bonds is 6. The van der Waals surface area contributed by atoms with E-state index in [0.29, 0.717) is 48.6 Å². The Hall–Kier alpha value is -5.22. The molecule has 0 bridgehead atoms. The summed E-state index contributed by atoms with van der Waals surface area (Å²) in [7, 11) is 0. The number of alkyl halides is 3. The second kappa shape index (κ2) is 14.4. The van der Waals surface area contributed by atoms with Crippen molar-refractivity contribution in [3.8, 4) is 5.75 Å². The number of H-pyrrole nitrogens is 1. The molecule has 0 unspecified atom stereocenters. The van der Waals surface area contributed by atoms with E-state index < -0.39 is 30.7 Å². The molecule has 16 heteroatoms. The molecule has 1 aliphatic carbocycles. The lowest BCUT2D eigenvalue weighted by Gasteiger charge is -2.55. The predicted octanol–water partition coefficient (Wildman–Crippen LogP) is 5.20. The van der Waals surface area contributed by atoms with Crippen molar-refractivity contribution in [3.05, 3.63) is 76.7 Å². The van der Waals surface area contributed by atoms with Crippen LogP contribution in [0.3, 0.4) is 0 Å². The fourth-order valence-corrected chi connectivity index (χ4v) is 11.8. The molecule has 320 valence electrons. The van der Waals surface area contributed by atoms with Gasteiger partial charge in [0.05, 0.1) is 60.2 Å². The van der Waals surface area contributed by atoms with Gasteiger partial charge in [-0.3, -0.25) is 39.6 Å². The number of nitrogens with zero attached hydrogens (tertiary/aromatic N) is 7. The molecule has 61 heavy (non-hydrogen) atoms. The van der Waals surface area contributed by atoms with Crippen molar-refractivity contribution in [3.63, 3.8) is 0 Å². The highest BCUT2D eigenvalue weighted by atomic mass is 19.4. The van der Waals surface area contributed by atoms with E-state index >= 15 is 0 Å². The zero-order valence-electron chi connectivity index (χ0n) is 34.2. The third-order valence-corrected chi connectivity index (χ3v) is 14.9. The van der Waals surface area contributed by atoms with E-state index in [1.165, 1.54) is 25.7 Å². The van der Waals surface area contributed by atoms with Crippen molar-refractivity contribution < 1.29 is 32.3 Å². The molecule has 3 saturated heterocycles. The van der Waals surface area contributed by atoms with Gasteiger partial charge in [-0.1, -0.05) is 6.07 Å². The lowest BCUT2D eigenvalue weighted by Crippen LogP contribution is -2.59. The first-order chi connectivity index (χ1) is 29.4. The van der Waals surface area contributed by atoms with Gasteiger partial charge in [0.25, 0.3) is 5.91 Å². The largest absolute Gasteiger partial charge is 0.489 e. The highest BCUT2D eigenvalue weighted by molar-refractivity contribution is 6.06. The number of piperazine rings is 1. The highest BCUT2D eigenvalue weighted by Crippen LogP contribution is 2.49. The van der Waals surface area contributed by atoms with Crippen LogP contribution in [0.25, 0.3) is 10.9 Å².